The minimum atomic E-state index is -0.978. The lowest BCUT2D eigenvalue weighted by Crippen LogP contribution is -2.55. The highest BCUT2D eigenvalue weighted by atomic mass is 19.1. The average molecular weight is 513 g/mol. The highest BCUT2D eigenvalue weighted by Gasteiger charge is 2.56. The number of hydrogen-bond acceptors (Lipinski definition) is 7. The van der Waals surface area contributed by atoms with E-state index < -0.39 is 11.1 Å². The minimum absolute atomic E-state index is 0.0248. The molecule has 10 heteroatoms. The third-order valence-corrected chi connectivity index (χ3v) is 7.96. The molecule has 38 heavy (non-hydrogen) atoms. The first kappa shape index (κ1) is 22.7. The summed E-state index contributed by atoms with van der Waals surface area (Å²) in [5.74, 6) is 0.368. The van der Waals surface area contributed by atoms with E-state index in [1.54, 1.807) is 24.7 Å². The number of nitrogens with one attached hydrogen (secondary N) is 1. The van der Waals surface area contributed by atoms with Crippen molar-refractivity contribution < 1.29 is 18.5 Å². The Hall–Kier alpha value is -4.47. The second kappa shape index (κ2) is 8.01. The molecule has 1 spiro atoms. The molecule has 1 amide bonds. The molecule has 2 aromatic heterocycles. The van der Waals surface area contributed by atoms with Gasteiger partial charge in [-0.15, -0.1) is 0 Å². The number of imidazole rings is 1. The number of hydrogen-bond donors (Lipinski definition) is 1. The summed E-state index contributed by atoms with van der Waals surface area (Å²) >= 11 is 0. The van der Waals surface area contributed by atoms with Gasteiger partial charge < -0.3 is 24.1 Å². The molecule has 3 aliphatic rings. The Bertz CT molecular complexity index is 1650. The van der Waals surface area contributed by atoms with Gasteiger partial charge in [-0.1, -0.05) is 28.5 Å². The van der Waals surface area contributed by atoms with Gasteiger partial charge in [0.15, 0.2) is 11.4 Å². The molecule has 0 saturated carbocycles. The summed E-state index contributed by atoms with van der Waals surface area (Å²) in [5, 5.41) is 12.4. The first-order chi connectivity index (χ1) is 18.4. The number of amides is 1. The van der Waals surface area contributed by atoms with Crippen molar-refractivity contribution in [2.45, 2.75) is 32.4 Å². The Morgan fingerprint density at radius 1 is 1.18 bits per heavy atom. The lowest BCUT2D eigenvalue weighted by atomic mass is 9.74. The van der Waals surface area contributed by atoms with Crippen molar-refractivity contribution in [2.24, 2.45) is 10.6 Å². The number of carbonyl (C=O) groups excluding carboxylic acids is 1. The summed E-state index contributed by atoms with van der Waals surface area (Å²) in [5.41, 5.74) is 3.30. The topological polar surface area (TPSA) is 97.8 Å². The van der Waals surface area contributed by atoms with Crippen LogP contribution in [0.3, 0.4) is 0 Å². The summed E-state index contributed by atoms with van der Waals surface area (Å²) in [7, 11) is 0. The second-order valence-corrected chi connectivity index (χ2v) is 10.4. The zero-order valence-electron chi connectivity index (χ0n) is 20.9. The van der Waals surface area contributed by atoms with E-state index in [4.69, 9.17) is 9.36 Å². The Labute approximate surface area is 217 Å². The van der Waals surface area contributed by atoms with E-state index in [1.807, 2.05) is 47.7 Å². The average Bonchev–Trinajstić information content (AvgIpc) is 3.69. The molecule has 192 valence electrons. The van der Waals surface area contributed by atoms with E-state index >= 15 is 0 Å². The largest absolute Gasteiger partial charge is 0.360 e. The molecule has 0 radical (unpaired) electrons. The smallest absolute Gasteiger partial charge is 0.234 e. The van der Waals surface area contributed by atoms with Crippen molar-refractivity contribution in [3.05, 3.63) is 83.3 Å². The maximum absolute atomic E-state index is 13.7. The number of carbonyl (C=O) groups is 1. The molecule has 0 aliphatic carbocycles. The van der Waals surface area contributed by atoms with Gasteiger partial charge >= 0.3 is 0 Å². The summed E-state index contributed by atoms with van der Waals surface area (Å²) in [6, 6.07) is 10.2. The number of aromatic nitrogens is 3. The van der Waals surface area contributed by atoms with Crippen LogP contribution in [0.2, 0.25) is 0 Å². The number of nitrogens with zero attached hydrogens (tertiary/aromatic N) is 5. The van der Waals surface area contributed by atoms with Crippen molar-refractivity contribution in [3.63, 3.8) is 0 Å². The third kappa shape index (κ3) is 3.29. The second-order valence-electron chi connectivity index (χ2n) is 10.4. The summed E-state index contributed by atoms with van der Waals surface area (Å²) < 4.78 is 21.3. The molecular weight excluding hydrogens is 487 g/mol. The van der Waals surface area contributed by atoms with E-state index in [0.717, 1.165) is 33.5 Å². The monoisotopic (exact) mass is 512 g/mol. The van der Waals surface area contributed by atoms with E-state index in [0.29, 0.717) is 37.3 Å². The maximum atomic E-state index is 13.7. The molecule has 9 nitrogen and oxygen atoms in total. The highest BCUT2D eigenvalue weighted by molar-refractivity contribution is 6.07. The van der Waals surface area contributed by atoms with Crippen LogP contribution in [-0.2, 0) is 15.4 Å². The van der Waals surface area contributed by atoms with E-state index in [1.165, 1.54) is 12.1 Å². The molecule has 2 saturated heterocycles. The number of amidine groups is 1. The number of aryl methyl sites for hydroxylation is 1. The van der Waals surface area contributed by atoms with Gasteiger partial charge in [0.25, 0.3) is 0 Å². The maximum Gasteiger partial charge on any atom is 0.234 e. The van der Waals surface area contributed by atoms with E-state index in [9.17, 15) is 9.18 Å². The standard InChI is InChI=1S/C28H25FN6O3/c1-17-14-34(16-31-17)23-8-3-18(22-13-32-37-24(22)23)11-19-12-28(9-10-30-26(28)36)15-35-25(19)33-38-27(35,2)20-4-6-21(29)7-5-20/h3-8,11,13-14,16H,9-10,12,15H2,1-2H3,(H,30,36)/b19-11+. The van der Waals surface area contributed by atoms with Crippen LogP contribution in [0.5, 0.6) is 0 Å². The fourth-order valence-electron chi connectivity index (χ4n) is 5.85. The predicted octanol–water partition coefficient (Wildman–Crippen LogP) is 4.27. The molecule has 2 aromatic carbocycles. The molecule has 0 bridgehead atoms. The van der Waals surface area contributed by atoms with Crippen molar-refractivity contribution in [1.82, 2.24) is 24.9 Å². The van der Waals surface area contributed by atoms with Gasteiger partial charge in [0.1, 0.15) is 5.82 Å². The lowest BCUT2D eigenvalue weighted by Gasteiger charge is -2.44. The zero-order valence-corrected chi connectivity index (χ0v) is 20.9. The van der Waals surface area contributed by atoms with Gasteiger partial charge in [-0.2, -0.15) is 0 Å². The Morgan fingerprint density at radius 3 is 2.76 bits per heavy atom. The molecule has 2 atom stereocenters. The molecule has 3 aliphatic heterocycles. The Kier molecular flexibility index (Phi) is 4.79. The number of benzene rings is 2. The fourth-order valence-corrected chi connectivity index (χ4v) is 5.85. The number of oxime groups is 1. The van der Waals surface area contributed by atoms with Crippen LogP contribution in [0.15, 0.2) is 70.4 Å². The number of rotatable bonds is 3. The quantitative estimate of drug-likeness (QED) is 0.440. The number of halogens is 1. The fraction of sp³-hybridized carbons (Fsp3) is 0.286. The molecular formula is C28H25FN6O3. The summed E-state index contributed by atoms with van der Waals surface area (Å²) in [4.78, 5) is 25.6. The van der Waals surface area contributed by atoms with E-state index in [-0.39, 0.29) is 11.7 Å². The third-order valence-electron chi connectivity index (χ3n) is 7.96. The molecule has 7 rings (SSSR count). The molecule has 1 N–H and O–H groups in total. The number of piperidine rings is 1. The zero-order chi connectivity index (χ0) is 26.1. The van der Waals surface area contributed by atoms with Gasteiger partial charge in [-0.3, -0.25) is 4.79 Å². The van der Waals surface area contributed by atoms with Crippen LogP contribution >= 0.6 is 0 Å². The van der Waals surface area contributed by atoms with Crippen LogP contribution in [0.25, 0.3) is 22.7 Å². The van der Waals surface area contributed by atoms with Crippen molar-refractivity contribution >= 4 is 28.8 Å². The minimum Gasteiger partial charge on any atom is -0.360 e. The van der Waals surface area contributed by atoms with Gasteiger partial charge in [0, 0.05) is 31.8 Å². The molecule has 5 heterocycles. The highest BCUT2D eigenvalue weighted by Crippen LogP contribution is 2.48. The van der Waals surface area contributed by atoms with Crippen molar-refractivity contribution in [1.29, 1.82) is 0 Å². The van der Waals surface area contributed by atoms with Crippen LogP contribution in [-0.4, -0.2) is 44.4 Å². The van der Waals surface area contributed by atoms with Gasteiger partial charge in [-0.05, 0) is 55.2 Å². The number of fused-ring (bicyclic) bond motifs is 2. The van der Waals surface area contributed by atoms with Gasteiger partial charge in [0.05, 0.1) is 34.7 Å². The molecule has 2 fully saturated rings. The predicted molar refractivity (Wildman–Crippen MR) is 137 cm³/mol. The lowest BCUT2D eigenvalue weighted by molar-refractivity contribution is -0.134. The first-order valence-corrected chi connectivity index (χ1v) is 12.5. The van der Waals surface area contributed by atoms with Crippen molar-refractivity contribution in [2.75, 3.05) is 13.1 Å². The van der Waals surface area contributed by atoms with Gasteiger partial charge in [-0.25, -0.2) is 9.37 Å². The molecule has 2 unspecified atom stereocenters. The van der Waals surface area contributed by atoms with E-state index in [2.05, 4.69) is 20.6 Å². The van der Waals surface area contributed by atoms with Gasteiger partial charge in [0.2, 0.25) is 11.6 Å². The first-order valence-electron chi connectivity index (χ1n) is 12.5. The summed E-state index contributed by atoms with van der Waals surface area (Å²) in [6.45, 7) is 4.90. The molecule has 4 aromatic rings. The Balaban J connectivity index is 1.34. The van der Waals surface area contributed by atoms with Crippen molar-refractivity contribution in [3.8, 4) is 5.69 Å². The van der Waals surface area contributed by atoms with Crippen LogP contribution in [0, 0.1) is 18.2 Å². The van der Waals surface area contributed by atoms with Crippen LogP contribution in [0.1, 0.15) is 36.6 Å². The SMILES string of the molecule is Cc1cn(-c2ccc(/C=C3\CC4(CCNC4=O)CN4C3=NOC4(C)c3ccc(F)cc3)c3cnoc23)cn1. The Morgan fingerprint density at radius 2 is 2.03 bits per heavy atom. The summed E-state index contributed by atoms with van der Waals surface area (Å²) in [6.07, 6.45) is 8.63. The van der Waals surface area contributed by atoms with Crippen LogP contribution in [0.4, 0.5) is 4.39 Å². The normalized spacial score (nSPS) is 25.7. The van der Waals surface area contributed by atoms with Crippen LogP contribution < -0.4 is 5.32 Å².